The van der Waals surface area contributed by atoms with Gasteiger partial charge in [0.25, 0.3) is 0 Å². The van der Waals surface area contributed by atoms with Gasteiger partial charge >= 0.3 is 0 Å². The first-order valence-electron chi connectivity index (χ1n) is 9.93. The fourth-order valence-electron chi connectivity index (χ4n) is 3.77. The Morgan fingerprint density at radius 1 is 1.23 bits per heavy atom. The summed E-state index contributed by atoms with van der Waals surface area (Å²) in [6.45, 7) is 2.73. The summed E-state index contributed by atoms with van der Waals surface area (Å²) in [6.07, 6.45) is 0. The zero-order valence-corrected chi connectivity index (χ0v) is 17.5. The lowest BCUT2D eigenvalue weighted by Crippen LogP contribution is -2.32. The van der Waals surface area contributed by atoms with Crippen LogP contribution >= 0.6 is 11.8 Å². The molecule has 0 radical (unpaired) electrons. The van der Waals surface area contributed by atoms with Crippen LogP contribution in [0.4, 0.5) is 5.69 Å². The summed E-state index contributed by atoms with van der Waals surface area (Å²) in [4.78, 5) is 28.5. The van der Waals surface area contributed by atoms with Crippen LogP contribution in [0.2, 0.25) is 0 Å². The van der Waals surface area contributed by atoms with Gasteiger partial charge in [-0.1, -0.05) is 29.1 Å². The molecule has 0 saturated heterocycles. The van der Waals surface area contributed by atoms with Gasteiger partial charge in [-0.15, -0.1) is 0 Å². The van der Waals surface area contributed by atoms with E-state index in [-0.39, 0.29) is 5.91 Å². The molecule has 1 aromatic heterocycles. The first kappa shape index (κ1) is 19.8. The van der Waals surface area contributed by atoms with Gasteiger partial charge in [0.05, 0.1) is 11.6 Å². The number of aromatic nitrogens is 1. The Kier molecular flexibility index (Phi) is 4.99. The lowest BCUT2D eigenvalue weighted by molar-refractivity contribution is -0.116. The Morgan fingerprint density at radius 3 is 2.77 bits per heavy atom. The SMILES string of the molecule is CC(N=O)c1cccc(NC(=O)C2Sc3nc4cc5c(cc4cc3C2N)OCCO5)c1. The van der Waals surface area contributed by atoms with E-state index < -0.39 is 17.3 Å². The number of ether oxygens (including phenoxy) is 2. The highest BCUT2D eigenvalue weighted by Crippen LogP contribution is 2.45. The fourth-order valence-corrected chi connectivity index (χ4v) is 4.95. The Bertz CT molecular complexity index is 1200. The molecule has 3 aromatic rings. The predicted molar refractivity (Wildman–Crippen MR) is 119 cm³/mol. The van der Waals surface area contributed by atoms with E-state index in [1.54, 1.807) is 31.2 Å². The molecular formula is C22H20N4O4S. The number of carbonyl (C=O) groups excluding carboxylic acids is 1. The second-order valence-electron chi connectivity index (χ2n) is 7.53. The van der Waals surface area contributed by atoms with Crippen LogP contribution in [0.5, 0.6) is 11.5 Å². The van der Waals surface area contributed by atoms with Crippen LogP contribution in [0, 0.1) is 4.91 Å². The molecule has 0 bridgehead atoms. The minimum Gasteiger partial charge on any atom is -0.486 e. The van der Waals surface area contributed by atoms with E-state index in [4.69, 9.17) is 20.2 Å². The molecular weight excluding hydrogens is 416 g/mol. The van der Waals surface area contributed by atoms with Crippen molar-refractivity contribution in [3.63, 3.8) is 0 Å². The number of rotatable bonds is 4. The second kappa shape index (κ2) is 7.82. The van der Waals surface area contributed by atoms with Crippen LogP contribution in [0.25, 0.3) is 10.9 Å². The van der Waals surface area contributed by atoms with E-state index in [9.17, 15) is 9.70 Å². The highest BCUT2D eigenvalue weighted by Gasteiger charge is 2.37. The van der Waals surface area contributed by atoms with Crippen molar-refractivity contribution in [3.8, 4) is 11.5 Å². The number of nitrogens with one attached hydrogen (secondary N) is 1. The Hall–Kier alpha value is -3.17. The molecule has 2 aromatic carbocycles. The average molecular weight is 436 g/mol. The van der Waals surface area contributed by atoms with Crippen LogP contribution < -0.4 is 20.5 Å². The van der Waals surface area contributed by atoms with Gasteiger partial charge in [-0.05, 0) is 36.8 Å². The summed E-state index contributed by atoms with van der Waals surface area (Å²) in [5, 5.41) is 7.05. The quantitative estimate of drug-likeness (QED) is 0.595. The molecule has 31 heavy (non-hydrogen) atoms. The molecule has 0 aliphatic carbocycles. The zero-order valence-electron chi connectivity index (χ0n) is 16.7. The number of nitrogens with zero attached hydrogens (tertiary/aromatic N) is 2. The Balaban J connectivity index is 1.40. The van der Waals surface area contributed by atoms with Crippen LogP contribution in [0.1, 0.15) is 30.1 Å². The average Bonchev–Trinajstić information content (AvgIpc) is 3.11. The maximum atomic E-state index is 13.0. The maximum absolute atomic E-state index is 13.0. The van der Waals surface area contributed by atoms with Crippen LogP contribution in [0.3, 0.4) is 0 Å². The molecule has 8 nitrogen and oxygen atoms in total. The Labute approximate surface area is 182 Å². The van der Waals surface area contributed by atoms with Crippen molar-refractivity contribution >= 4 is 34.3 Å². The van der Waals surface area contributed by atoms with Gasteiger partial charge in [0.15, 0.2) is 11.5 Å². The summed E-state index contributed by atoms with van der Waals surface area (Å²) in [5.74, 6) is 1.15. The minimum absolute atomic E-state index is 0.214. The maximum Gasteiger partial charge on any atom is 0.239 e. The van der Waals surface area contributed by atoms with E-state index in [1.165, 1.54) is 11.8 Å². The van der Waals surface area contributed by atoms with Crippen LogP contribution in [-0.2, 0) is 4.79 Å². The number of fused-ring (bicyclic) bond motifs is 3. The molecule has 0 fully saturated rings. The number of nitroso groups, excluding NO2 is 1. The van der Waals surface area contributed by atoms with Crippen molar-refractivity contribution in [1.82, 2.24) is 4.98 Å². The number of thioether (sulfide) groups is 1. The van der Waals surface area contributed by atoms with Crippen LogP contribution in [0.15, 0.2) is 52.7 Å². The summed E-state index contributed by atoms with van der Waals surface area (Å²) in [7, 11) is 0. The van der Waals surface area contributed by atoms with Crippen molar-refractivity contribution in [2.24, 2.45) is 10.9 Å². The molecule has 2 aliphatic rings. The molecule has 1 amide bonds. The standard InChI is InChI=1S/C22H20N4O4S/c1-11(26-28)12-3-2-4-14(7-12)24-21(27)20-19(23)15-8-13-9-17-18(30-6-5-29-17)10-16(13)25-22(15)31-20/h2-4,7-11,19-20H,5-6,23H2,1H3,(H,24,27). The predicted octanol–water partition coefficient (Wildman–Crippen LogP) is 3.95. The van der Waals surface area contributed by atoms with Crippen LogP contribution in [-0.4, -0.2) is 29.4 Å². The van der Waals surface area contributed by atoms with Crippen molar-refractivity contribution in [2.45, 2.75) is 29.3 Å². The Morgan fingerprint density at radius 2 is 2.00 bits per heavy atom. The summed E-state index contributed by atoms with van der Waals surface area (Å²) < 4.78 is 11.3. The van der Waals surface area contributed by atoms with Crippen molar-refractivity contribution in [2.75, 3.05) is 18.5 Å². The van der Waals surface area contributed by atoms with E-state index in [2.05, 4.69) is 10.5 Å². The summed E-state index contributed by atoms with van der Waals surface area (Å²) >= 11 is 1.35. The third-order valence-corrected chi connectivity index (χ3v) is 6.76. The molecule has 0 saturated carbocycles. The number of benzene rings is 2. The summed E-state index contributed by atoms with van der Waals surface area (Å²) in [6, 6.07) is 11.8. The number of anilines is 1. The number of hydrogen-bond donors (Lipinski definition) is 2. The van der Waals surface area contributed by atoms with Gasteiger partial charge < -0.3 is 20.5 Å². The topological polar surface area (TPSA) is 116 Å². The summed E-state index contributed by atoms with van der Waals surface area (Å²) in [5.41, 5.74) is 9.38. The first-order chi connectivity index (χ1) is 15.0. The minimum atomic E-state index is -0.522. The molecule has 5 rings (SSSR count). The molecule has 0 spiro atoms. The number of hydrogen-bond acceptors (Lipinski definition) is 8. The van der Waals surface area contributed by atoms with Gasteiger partial charge in [0, 0.05) is 22.7 Å². The van der Waals surface area contributed by atoms with Gasteiger partial charge in [-0.2, -0.15) is 4.91 Å². The lowest BCUT2D eigenvalue weighted by atomic mass is 10.0. The van der Waals surface area contributed by atoms with Crippen molar-refractivity contribution in [3.05, 3.63) is 58.5 Å². The molecule has 158 valence electrons. The highest BCUT2D eigenvalue weighted by atomic mass is 32.2. The molecule has 3 atom stereocenters. The van der Waals surface area contributed by atoms with Gasteiger partial charge in [-0.3, -0.25) is 4.79 Å². The van der Waals surface area contributed by atoms with Gasteiger partial charge in [-0.25, -0.2) is 4.98 Å². The lowest BCUT2D eigenvalue weighted by Gasteiger charge is -2.19. The second-order valence-corrected chi connectivity index (χ2v) is 8.66. The van der Waals surface area contributed by atoms with Gasteiger partial charge in [0.2, 0.25) is 5.91 Å². The largest absolute Gasteiger partial charge is 0.486 e. The molecule has 3 N–H and O–H groups in total. The van der Waals surface area contributed by atoms with E-state index in [0.29, 0.717) is 30.4 Å². The number of pyridine rings is 1. The molecule has 3 unspecified atom stereocenters. The normalized spacial score (nSPS) is 20.2. The smallest absolute Gasteiger partial charge is 0.239 e. The third-order valence-electron chi connectivity index (χ3n) is 5.45. The van der Waals surface area contributed by atoms with E-state index in [1.807, 2.05) is 18.2 Å². The monoisotopic (exact) mass is 436 g/mol. The number of amides is 1. The number of nitrogens with two attached hydrogens (primary N) is 1. The molecule has 2 aliphatic heterocycles. The van der Waals surface area contributed by atoms with E-state index >= 15 is 0 Å². The highest BCUT2D eigenvalue weighted by molar-refractivity contribution is 8.01. The fraction of sp³-hybridized carbons (Fsp3) is 0.273. The van der Waals surface area contributed by atoms with Crippen molar-refractivity contribution < 1.29 is 14.3 Å². The zero-order chi connectivity index (χ0) is 21.5. The van der Waals surface area contributed by atoms with Crippen molar-refractivity contribution in [1.29, 1.82) is 0 Å². The third kappa shape index (κ3) is 3.60. The number of carbonyl (C=O) groups is 1. The van der Waals surface area contributed by atoms with E-state index in [0.717, 1.165) is 27.1 Å². The molecule has 9 heteroatoms. The first-order valence-corrected chi connectivity index (χ1v) is 10.8. The molecule has 3 heterocycles. The van der Waals surface area contributed by atoms with Gasteiger partial charge in [0.1, 0.15) is 29.5 Å².